The van der Waals surface area contributed by atoms with Crippen LogP contribution in [0.1, 0.15) is 19.2 Å². The highest BCUT2D eigenvalue weighted by Gasteiger charge is 2.08. The zero-order valence-electron chi connectivity index (χ0n) is 11.6. The van der Waals surface area contributed by atoms with Crippen molar-refractivity contribution in [3.05, 3.63) is 18.2 Å². The highest BCUT2D eigenvalue weighted by molar-refractivity contribution is 7.91. The predicted octanol–water partition coefficient (Wildman–Crippen LogP) is 0.444. The molecule has 1 aromatic heterocycles. The summed E-state index contributed by atoms with van der Waals surface area (Å²) in [7, 11) is -1.21. The first-order valence-corrected chi connectivity index (χ1v) is 8.31. The van der Waals surface area contributed by atoms with Crippen molar-refractivity contribution in [2.24, 2.45) is 0 Å². The molecule has 0 saturated heterocycles. The third-order valence-corrected chi connectivity index (χ3v) is 4.65. The molecule has 0 atom stereocenters. The van der Waals surface area contributed by atoms with Crippen LogP contribution in [0.15, 0.2) is 12.4 Å². The Bertz CT molecular complexity index is 457. The van der Waals surface area contributed by atoms with Crippen molar-refractivity contribution in [1.29, 1.82) is 0 Å². The first-order chi connectivity index (χ1) is 9.09. The average molecular weight is 289 g/mol. The molecule has 0 unspecified atom stereocenters. The number of aryl methyl sites for hydroxylation is 1. The van der Waals surface area contributed by atoms with Crippen LogP contribution < -0.4 is 5.32 Å². The normalized spacial score (nSPS) is 11.9. The van der Waals surface area contributed by atoms with E-state index in [9.17, 15) is 8.42 Å². The topological polar surface area (TPSA) is 73.2 Å². The second-order valence-corrected chi connectivity index (χ2v) is 6.77. The van der Waals surface area contributed by atoms with Gasteiger partial charge in [0.05, 0.1) is 18.9 Å². The van der Waals surface area contributed by atoms with Gasteiger partial charge in [-0.1, -0.05) is 6.92 Å². The van der Waals surface area contributed by atoms with Crippen LogP contribution in [0.4, 0.5) is 0 Å². The van der Waals surface area contributed by atoms with Gasteiger partial charge in [0.15, 0.2) is 0 Å². The number of imidazole rings is 1. The number of rotatable bonds is 10. The zero-order valence-corrected chi connectivity index (χ0v) is 12.4. The van der Waals surface area contributed by atoms with E-state index >= 15 is 0 Å². The summed E-state index contributed by atoms with van der Waals surface area (Å²) < 4.78 is 29.8. The van der Waals surface area contributed by atoms with Gasteiger partial charge in [-0.3, -0.25) is 0 Å². The molecular weight excluding hydrogens is 266 g/mol. The van der Waals surface area contributed by atoms with Crippen LogP contribution in [0.5, 0.6) is 0 Å². The summed E-state index contributed by atoms with van der Waals surface area (Å²) in [6.07, 6.45) is 4.24. The van der Waals surface area contributed by atoms with E-state index in [1.165, 1.54) is 0 Å². The lowest BCUT2D eigenvalue weighted by molar-refractivity contribution is 0.199. The molecular formula is C12H23N3O3S. The molecule has 0 aromatic carbocycles. The fourth-order valence-electron chi connectivity index (χ4n) is 1.68. The Labute approximate surface area is 115 Å². The van der Waals surface area contributed by atoms with Gasteiger partial charge in [-0.2, -0.15) is 0 Å². The standard InChI is InChI=1S/C12H23N3O3S/c1-3-19(16,17)10-4-7-15-8-5-14-12(15)11-13-6-9-18-2/h5,8,13H,3-4,6-7,9-11H2,1-2H3. The second kappa shape index (κ2) is 8.29. The van der Waals surface area contributed by atoms with Crippen LogP contribution in [0.2, 0.25) is 0 Å². The molecule has 1 aromatic rings. The summed E-state index contributed by atoms with van der Waals surface area (Å²) in [6, 6.07) is 0. The van der Waals surface area contributed by atoms with Gasteiger partial charge >= 0.3 is 0 Å². The number of aromatic nitrogens is 2. The Kier molecular flexibility index (Phi) is 7.04. The average Bonchev–Trinajstić information content (AvgIpc) is 2.82. The van der Waals surface area contributed by atoms with E-state index < -0.39 is 9.84 Å². The molecule has 0 saturated carbocycles. The minimum atomic E-state index is -2.88. The van der Waals surface area contributed by atoms with Crippen LogP contribution in [0.3, 0.4) is 0 Å². The fraction of sp³-hybridized carbons (Fsp3) is 0.750. The maximum Gasteiger partial charge on any atom is 0.150 e. The molecule has 0 aliphatic carbocycles. The lowest BCUT2D eigenvalue weighted by atomic mass is 10.4. The Morgan fingerprint density at radius 2 is 2.26 bits per heavy atom. The van der Waals surface area contributed by atoms with E-state index in [-0.39, 0.29) is 11.5 Å². The monoisotopic (exact) mass is 289 g/mol. The van der Waals surface area contributed by atoms with Crippen LogP contribution in [-0.4, -0.2) is 49.7 Å². The number of nitrogens with zero attached hydrogens (tertiary/aromatic N) is 2. The van der Waals surface area contributed by atoms with Gasteiger partial charge in [0.25, 0.3) is 0 Å². The van der Waals surface area contributed by atoms with E-state index in [2.05, 4.69) is 10.3 Å². The lowest BCUT2D eigenvalue weighted by Crippen LogP contribution is -2.21. The second-order valence-electron chi connectivity index (χ2n) is 4.30. The molecule has 0 amide bonds. The van der Waals surface area contributed by atoms with Crippen molar-refractivity contribution in [2.45, 2.75) is 26.4 Å². The number of hydrogen-bond acceptors (Lipinski definition) is 5. The molecule has 19 heavy (non-hydrogen) atoms. The van der Waals surface area contributed by atoms with Gasteiger partial charge in [-0.25, -0.2) is 13.4 Å². The van der Waals surface area contributed by atoms with Crippen LogP contribution in [-0.2, 0) is 27.7 Å². The largest absolute Gasteiger partial charge is 0.383 e. The highest BCUT2D eigenvalue weighted by Crippen LogP contribution is 2.01. The van der Waals surface area contributed by atoms with Crippen LogP contribution in [0.25, 0.3) is 0 Å². The third-order valence-electron chi connectivity index (χ3n) is 2.86. The summed E-state index contributed by atoms with van der Waals surface area (Å²) in [5.74, 6) is 1.37. The van der Waals surface area contributed by atoms with Crippen molar-refractivity contribution >= 4 is 9.84 Å². The van der Waals surface area contributed by atoms with Gasteiger partial charge < -0.3 is 14.6 Å². The molecule has 0 aliphatic rings. The number of nitrogens with one attached hydrogen (secondary N) is 1. The van der Waals surface area contributed by atoms with Gasteiger partial charge in [0.1, 0.15) is 15.7 Å². The van der Waals surface area contributed by atoms with Gasteiger partial charge in [-0.05, 0) is 6.42 Å². The van der Waals surface area contributed by atoms with E-state index in [1.54, 1.807) is 20.2 Å². The molecule has 1 rings (SSSR count). The van der Waals surface area contributed by atoms with Crippen molar-refractivity contribution < 1.29 is 13.2 Å². The SMILES string of the molecule is CCS(=O)(=O)CCCn1ccnc1CNCCOC. The molecule has 7 heteroatoms. The summed E-state index contributed by atoms with van der Waals surface area (Å²) in [6.45, 7) is 4.46. The maximum atomic E-state index is 11.4. The molecule has 6 nitrogen and oxygen atoms in total. The molecule has 0 fully saturated rings. The Hall–Kier alpha value is -0.920. The minimum absolute atomic E-state index is 0.211. The molecule has 1 heterocycles. The first kappa shape index (κ1) is 16.1. The molecule has 1 N–H and O–H groups in total. The molecule has 0 aliphatic heterocycles. The summed E-state index contributed by atoms with van der Waals surface area (Å²) in [5, 5.41) is 3.22. The van der Waals surface area contributed by atoms with E-state index in [0.717, 1.165) is 12.4 Å². The molecule has 0 bridgehead atoms. The van der Waals surface area contributed by atoms with Crippen molar-refractivity contribution in [2.75, 3.05) is 31.8 Å². The zero-order chi connectivity index (χ0) is 14.1. The summed E-state index contributed by atoms with van der Waals surface area (Å²) in [4.78, 5) is 4.26. The van der Waals surface area contributed by atoms with Gasteiger partial charge in [0.2, 0.25) is 0 Å². The molecule has 0 spiro atoms. The highest BCUT2D eigenvalue weighted by atomic mass is 32.2. The van der Waals surface area contributed by atoms with Crippen molar-refractivity contribution in [3.63, 3.8) is 0 Å². The lowest BCUT2D eigenvalue weighted by Gasteiger charge is -2.08. The Balaban J connectivity index is 2.36. The Morgan fingerprint density at radius 1 is 1.47 bits per heavy atom. The van der Waals surface area contributed by atoms with Gasteiger partial charge in [-0.15, -0.1) is 0 Å². The van der Waals surface area contributed by atoms with E-state index in [1.807, 2.05) is 10.8 Å². The molecule has 110 valence electrons. The van der Waals surface area contributed by atoms with E-state index in [0.29, 0.717) is 26.1 Å². The Morgan fingerprint density at radius 3 is 2.95 bits per heavy atom. The number of sulfone groups is 1. The number of hydrogen-bond donors (Lipinski definition) is 1. The smallest absolute Gasteiger partial charge is 0.150 e. The van der Waals surface area contributed by atoms with Crippen molar-refractivity contribution in [3.8, 4) is 0 Å². The van der Waals surface area contributed by atoms with E-state index in [4.69, 9.17) is 4.74 Å². The van der Waals surface area contributed by atoms with Crippen LogP contribution in [0, 0.1) is 0 Å². The number of methoxy groups -OCH3 is 1. The van der Waals surface area contributed by atoms with Gasteiger partial charge in [0, 0.05) is 38.3 Å². The van der Waals surface area contributed by atoms with Crippen LogP contribution >= 0.6 is 0 Å². The summed E-state index contributed by atoms with van der Waals surface area (Å²) >= 11 is 0. The van der Waals surface area contributed by atoms with Crippen molar-refractivity contribution in [1.82, 2.24) is 14.9 Å². The quantitative estimate of drug-likeness (QED) is 0.633. The summed E-state index contributed by atoms with van der Waals surface area (Å²) in [5.41, 5.74) is 0. The molecule has 0 radical (unpaired) electrons. The third kappa shape index (κ3) is 6.17. The maximum absolute atomic E-state index is 11.4. The fourth-order valence-corrected chi connectivity index (χ4v) is 2.54. The number of ether oxygens (including phenoxy) is 1. The predicted molar refractivity (Wildman–Crippen MR) is 74.8 cm³/mol. The minimum Gasteiger partial charge on any atom is -0.383 e. The first-order valence-electron chi connectivity index (χ1n) is 6.49.